The third kappa shape index (κ3) is 1.11. The molecule has 1 amide bonds. The molecule has 10 heavy (non-hydrogen) atoms. The third-order valence-electron chi connectivity index (χ3n) is 2.10. The fourth-order valence-electron chi connectivity index (χ4n) is 1.62. The highest BCUT2D eigenvalue weighted by Gasteiger charge is 2.35. The second kappa shape index (κ2) is 2.76. The van der Waals surface area contributed by atoms with Gasteiger partial charge in [-0.3, -0.25) is 4.79 Å². The smallest absolute Gasteiger partial charge is 0.221 e. The van der Waals surface area contributed by atoms with Crippen molar-refractivity contribution in [2.45, 2.75) is 24.9 Å². The normalized spacial score (nSPS) is 36.6. The number of rotatable bonds is 0. The molecule has 0 aromatic rings. The molecule has 0 radical (unpaired) electrons. The summed E-state index contributed by atoms with van der Waals surface area (Å²) in [6.07, 6.45) is 1.79. The molecule has 2 N–H and O–H groups in total. The van der Waals surface area contributed by atoms with Crippen molar-refractivity contribution < 1.29 is 4.79 Å². The Hall–Kier alpha value is -0.280. The Labute approximate surface area is 66.0 Å². The van der Waals surface area contributed by atoms with Gasteiger partial charge in [-0.25, -0.2) is 0 Å². The first kappa shape index (κ1) is 7.82. The van der Waals surface area contributed by atoms with E-state index in [1.54, 1.807) is 0 Å². The predicted octanol–water partition coefficient (Wildman–Crippen LogP) is -0.341. The molecule has 0 aromatic carbocycles. The highest BCUT2D eigenvalue weighted by molar-refractivity contribution is 5.85. The van der Waals surface area contributed by atoms with E-state index in [2.05, 4.69) is 10.6 Å². The summed E-state index contributed by atoms with van der Waals surface area (Å²) in [7, 11) is 0. The zero-order valence-corrected chi connectivity index (χ0v) is 6.41. The van der Waals surface area contributed by atoms with Crippen LogP contribution < -0.4 is 10.6 Å². The molecule has 58 valence electrons. The highest BCUT2D eigenvalue weighted by atomic mass is 35.5. The van der Waals surface area contributed by atoms with Crippen molar-refractivity contribution in [1.82, 2.24) is 10.6 Å². The highest BCUT2D eigenvalue weighted by Crippen LogP contribution is 2.15. The minimum Gasteiger partial charge on any atom is -0.352 e. The van der Waals surface area contributed by atoms with Crippen LogP contribution in [0.15, 0.2) is 0 Å². The molecule has 2 saturated heterocycles. The standard InChI is InChI=1S/C6H10N2O.ClH/c9-6-3-5-4(8-6)1-2-7-5;/h4-5,7H,1-3H2,(H,8,9);1H/t4-,5-;/m1./s1. The molecule has 0 unspecified atom stereocenters. The number of halogens is 1. The van der Waals surface area contributed by atoms with Gasteiger partial charge in [-0.2, -0.15) is 0 Å². The number of amides is 1. The first-order chi connectivity index (χ1) is 4.36. The summed E-state index contributed by atoms with van der Waals surface area (Å²) in [6, 6.07) is 0.884. The average molecular weight is 163 g/mol. The predicted molar refractivity (Wildman–Crippen MR) is 40.2 cm³/mol. The quantitative estimate of drug-likeness (QED) is 0.512. The molecule has 2 aliphatic rings. The topological polar surface area (TPSA) is 41.1 Å². The summed E-state index contributed by atoms with van der Waals surface area (Å²) in [6.45, 7) is 1.07. The molecule has 0 saturated carbocycles. The molecule has 0 aliphatic carbocycles. The van der Waals surface area contributed by atoms with Crippen molar-refractivity contribution in [3.63, 3.8) is 0 Å². The van der Waals surface area contributed by atoms with E-state index >= 15 is 0 Å². The lowest BCUT2D eigenvalue weighted by molar-refractivity contribution is -0.119. The monoisotopic (exact) mass is 162 g/mol. The van der Waals surface area contributed by atoms with Crippen LogP contribution in [0.2, 0.25) is 0 Å². The second-order valence-corrected chi connectivity index (χ2v) is 2.73. The molecule has 0 bridgehead atoms. The zero-order valence-electron chi connectivity index (χ0n) is 5.59. The van der Waals surface area contributed by atoms with Crippen molar-refractivity contribution in [1.29, 1.82) is 0 Å². The number of fused-ring (bicyclic) bond motifs is 1. The van der Waals surface area contributed by atoms with Gasteiger partial charge < -0.3 is 10.6 Å². The molecule has 3 nitrogen and oxygen atoms in total. The van der Waals surface area contributed by atoms with E-state index in [1.165, 1.54) is 0 Å². The summed E-state index contributed by atoms with van der Waals surface area (Å²) < 4.78 is 0. The third-order valence-corrected chi connectivity index (χ3v) is 2.10. The van der Waals surface area contributed by atoms with Crippen LogP contribution in [0, 0.1) is 0 Å². The summed E-state index contributed by atoms with van der Waals surface area (Å²) in [5.41, 5.74) is 0. The lowest BCUT2D eigenvalue weighted by Crippen LogP contribution is -2.30. The zero-order chi connectivity index (χ0) is 6.27. The first-order valence-corrected chi connectivity index (χ1v) is 3.39. The van der Waals surface area contributed by atoms with Gasteiger partial charge in [0.05, 0.1) is 0 Å². The number of carbonyl (C=O) groups excluding carboxylic acids is 1. The largest absolute Gasteiger partial charge is 0.352 e. The van der Waals surface area contributed by atoms with Gasteiger partial charge in [-0.1, -0.05) is 0 Å². The van der Waals surface area contributed by atoms with Gasteiger partial charge in [0.2, 0.25) is 5.91 Å². The molecule has 4 heteroatoms. The minimum absolute atomic E-state index is 0. The Bertz CT molecular complexity index is 137. The van der Waals surface area contributed by atoms with Crippen LogP contribution in [-0.2, 0) is 4.79 Å². The van der Waals surface area contributed by atoms with Crippen molar-refractivity contribution in [2.75, 3.05) is 6.54 Å². The van der Waals surface area contributed by atoms with Gasteiger partial charge in [0.15, 0.2) is 0 Å². The fraction of sp³-hybridized carbons (Fsp3) is 0.833. The Morgan fingerprint density at radius 2 is 2.20 bits per heavy atom. The first-order valence-electron chi connectivity index (χ1n) is 3.39. The molecule has 0 aromatic heterocycles. The number of hydrogen-bond acceptors (Lipinski definition) is 2. The van der Waals surface area contributed by atoms with Gasteiger partial charge in [0, 0.05) is 18.5 Å². The van der Waals surface area contributed by atoms with Crippen molar-refractivity contribution in [3.8, 4) is 0 Å². The van der Waals surface area contributed by atoms with Crippen molar-refractivity contribution in [3.05, 3.63) is 0 Å². The Kier molecular flexibility index (Phi) is 2.16. The molecule has 0 spiro atoms. The Balaban J connectivity index is 0.000000500. The number of carbonyl (C=O) groups is 1. The summed E-state index contributed by atoms with van der Waals surface area (Å²) in [5, 5.41) is 6.18. The van der Waals surface area contributed by atoms with Gasteiger partial charge in [-0.15, -0.1) is 12.4 Å². The maximum absolute atomic E-state index is 10.7. The number of hydrogen-bond donors (Lipinski definition) is 2. The molecule has 2 fully saturated rings. The fourth-order valence-corrected chi connectivity index (χ4v) is 1.62. The Morgan fingerprint density at radius 3 is 2.90 bits per heavy atom. The molecule has 2 heterocycles. The van der Waals surface area contributed by atoms with Crippen LogP contribution in [0.25, 0.3) is 0 Å². The van der Waals surface area contributed by atoms with Crippen molar-refractivity contribution in [2.24, 2.45) is 0 Å². The van der Waals surface area contributed by atoms with Gasteiger partial charge in [0.25, 0.3) is 0 Å². The maximum atomic E-state index is 10.7. The number of nitrogens with one attached hydrogen (secondary N) is 2. The summed E-state index contributed by atoms with van der Waals surface area (Å²) in [5.74, 6) is 0.206. The summed E-state index contributed by atoms with van der Waals surface area (Å²) in [4.78, 5) is 10.7. The minimum atomic E-state index is 0. The van der Waals surface area contributed by atoms with Crippen LogP contribution >= 0.6 is 12.4 Å². The van der Waals surface area contributed by atoms with Gasteiger partial charge >= 0.3 is 0 Å². The van der Waals surface area contributed by atoms with E-state index in [1.807, 2.05) is 0 Å². The Morgan fingerprint density at radius 1 is 1.40 bits per heavy atom. The van der Waals surface area contributed by atoms with E-state index in [9.17, 15) is 4.79 Å². The van der Waals surface area contributed by atoms with Gasteiger partial charge in [-0.05, 0) is 13.0 Å². The van der Waals surface area contributed by atoms with E-state index in [0.29, 0.717) is 18.5 Å². The molecule has 2 atom stereocenters. The summed E-state index contributed by atoms with van der Waals surface area (Å²) >= 11 is 0. The molecular weight excluding hydrogens is 152 g/mol. The van der Waals surface area contributed by atoms with Crippen LogP contribution in [0.5, 0.6) is 0 Å². The van der Waals surface area contributed by atoms with Crippen LogP contribution in [0.3, 0.4) is 0 Å². The molecular formula is C6H11ClN2O. The van der Waals surface area contributed by atoms with Crippen LogP contribution in [-0.4, -0.2) is 24.5 Å². The second-order valence-electron chi connectivity index (χ2n) is 2.73. The van der Waals surface area contributed by atoms with E-state index in [0.717, 1.165) is 13.0 Å². The maximum Gasteiger partial charge on any atom is 0.221 e. The van der Waals surface area contributed by atoms with Gasteiger partial charge in [0.1, 0.15) is 0 Å². The van der Waals surface area contributed by atoms with E-state index in [4.69, 9.17) is 0 Å². The molecule has 2 rings (SSSR count). The average Bonchev–Trinajstić information content (AvgIpc) is 2.22. The lowest BCUT2D eigenvalue weighted by atomic mass is 10.1. The molecule has 2 aliphatic heterocycles. The van der Waals surface area contributed by atoms with E-state index < -0.39 is 0 Å². The SMILES string of the molecule is Cl.O=C1C[C@H]2NCC[C@H]2N1. The lowest BCUT2D eigenvalue weighted by Gasteiger charge is -2.04. The van der Waals surface area contributed by atoms with Crippen LogP contribution in [0.4, 0.5) is 0 Å². The van der Waals surface area contributed by atoms with E-state index in [-0.39, 0.29) is 18.3 Å². The van der Waals surface area contributed by atoms with Crippen molar-refractivity contribution >= 4 is 18.3 Å². The van der Waals surface area contributed by atoms with Crippen LogP contribution in [0.1, 0.15) is 12.8 Å².